The zero-order valence-electron chi connectivity index (χ0n) is 14.8. The number of benzene rings is 1. The van der Waals surface area contributed by atoms with Crippen molar-refractivity contribution in [1.29, 1.82) is 0 Å². The first-order valence-corrected chi connectivity index (χ1v) is 9.98. The van der Waals surface area contributed by atoms with Gasteiger partial charge < -0.3 is 9.64 Å². The van der Waals surface area contributed by atoms with E-state index < -0.39 is 0 Å². The topological polar surface area (TPSA) is 49.9 Å². The summed E-state index contributed by atoms with van der Waals surface area (Å²) in [6.45, 7) is 2.00. The lowest BCUT2D eigenvalue weighted by Crippen LogP contribution is -2.38. The molecule has 0 bridgehead atoms. The summed E-state index contributed by atoms with van der Waals surface area (Å²) < 4.78 is 5.72. The number of ether oxygens (including phenoxy) is 1. The predicted molar refractivity (Wildman–Crippen MR) is 108 cm³/mol. The lowest BCUT2D eigenvalue weighted by Gasteiger charge is -2.27. The summed E-state index contributed by atoms with van der Waals surface area (Å²) in [6.07, 6.45) is 5.45. The molecule has 0 aliphatic carbocycles. The number of likely N-dealkylation sites (tertiary alicyclic amines) is 1. The van der Waals surface area contributed by atoms with Crippen LogP contribution in [0.15, 0.2) is 29.2 Å². The Morgan fingerprint density at radius 1 is 1.31 bits per heavy atom. The van der Waals surface area contributed by atoms with Crippen molar-refractivity contribution in [2.45, 2.75) is 25.7 Å². The van der Waals surface area contributed by atoms with E-state index in [1.54, 1.807) is 7.11 Å². The maximum Gasteiger partial charge on any atom is 0.266 e. The average Bonchev–Trinajstić information content (AvgIpc) is 2.93. The van der Waals surface area contributed by atoms with E-state index in [-0.39, 0.29) is 11.8 Å². The Morgan fingerprint density at radius 2 is 2.08 bits per heavy atom. The molecule has 26 heavy (non-hydrogen) atoms. The molecule has 5 nitrogen and oxygen atoms in total. The van der Waals surface area contributed by atoms with Crippen LogP contribution in [0.3, 0.4) is 0 Å². The Balaban J connectivity index is 1.63. The van der Waals surface area contributed by atoms with Crippen LogP contribution < -0.4 is 4.74 Å². The summed E-state index contributed by atoms with van der Waals surface area (Å²) in [5.41, 5.74) is 0.884. The monoisotopic (exact) mass is 390 g/mol. The molecule has 2 amide bonds. The van der Waals surface area contributed by atoms with E-state index >= 15 is 0 Å². The van der Waals surface area contributed by atoms with Gasteiger partial charge in [0.15, 0.2) is 0 Å². The van der Waals surface area contributed by atoms with Gasteiger partial charge >= 0.3 is 0 Å². The average molecular weight is 391 g/mol. The van der Waals surface area contributed by atoms with E-state index in [0.29, 0.717) is 22.2 Å². The molecule has 2 aliphatic rings. The normalized spacial score (nSPS) is 19.3. The number of hydrogen-bond donors (Lipinski definition) is 0. The van der Waals surface area contributed by atoms with Crippen molar-refractivity contribution in [3.8, 4) is 5.75 Å². The van der Waals surface area contributed by atoms with Crippen molar-refractivity contribution < 1.29 is 14.3 Å². The number of hydrogen-bond acceptors (Lipinski definition) is 5. The van der Waals surface area contributed by atoms with Crippen LogP contribution in [0.5, 0.6) is 5.75 Å². The number of carbonyl (C=O) groups excluding carboxylic acids is 2. The third kappa shape index (κ3) is 4.45. The molecule has 0 radical (unpaired) electrons. The second-order valence-corrected chi connectivity index (χ2v) is 7.98. The molecule has 0 saturated carbocycles. The minimum absolute atomic E-state index is 0.107. The van der Waals surface area contributed by atoms with Crippen molar-refractivity contribution in [2.24, 2.45) is 0 Å². The number of methoxy groups -OCH3 is 1. The molecule has 2 fully saturated rings. The Kier molecular flexibility index (Phi) is 6.32. The van der Waals surface area contributed by atoms with Gasteiger partial charge in [-0.15, -0.1) is 0 Å². The SMILES string of the molecule is COc1cccc(/C=C2/SC(=S)N(CCC(=O)N3CCCCC3)C2=O)c1. The van der Waals surface area contributed by atoms with Gasteiger partial charge in [0.1, 0.15) is 10.1 Å². The lowest BCUT2D eigenvalue weighted by atomic mass is 10.1. The number of rotatable bonds is 5. The summed E-state index contributed by atoms with van der Waals surface area (Å²) >= 11 is 6.63. The molecule has 1 aromatic carbocycles. The Bertz CT molecular complexity index is 742. The summed E-state index contributed by atoms with van der Waals surface area (Å²) in [7, 11) is 1.61. The fourth-order valence-corrected chi connectivity index (χ4v) is 4.39. The molecule has 0 atom stereocenters. The molecule has 0 N–H and O–H groups in total. The van der Waals surface area contributed by atoms with Gasteiger partial charge in [0.2, 0.25) is 5.91 Å². The number of amides is 2. The lowest BCUT2D eigenvalue weighted by molar-refractivity contribution is -0.132. The summed E-state index contributed by atoms with van der Waals surface area (Å²) in [5.74, 6) is 0.714. The molecule has 1 aromatic rings. The van der Waals surface area contributed by atoms with E-state index in [9.17, 15) is 9.59 Å². The highest BCUT2D eigenvalue weighted by atomic mass is 32.2. The molecular weight excluding hydrogens is 368 g/mol. The summed E-state index contributed by atoms with van der Waals surface area (Å²) in [5, 5.41) is 0. The van der Waals surface area contributed by atoms with Gasteiger partial charge in [-0.1, -0.05) is 36.1 Å². The van der Waals surface area contributed by atoms with Gasteiger partial charge in [0.05, 0.1) is 12.0 Å². The van der Waals surface area contributed by atoms with Crippen molar-refractivity contribution in [3.05, 3.63) is 34.7 Å². The van der Waals surface area contributed by atoms with E-state index in [2.05, 4.69) is 0 Å². The molecule has 0 aromatic heterocycles. The fourth-order valence-electron chi connectivity index (χ4n) is 3.08. The zero-order valence-corrected chi connectivity index (χ0v) is 16.4. The maximum absolute atomic E-state index is 12.7. The minimum atomic E-state index is -0.130. The van der Waals surface area contributed by atoms with Gasteiger partial charge in [-0.3, -0.25) is 14.5 Å². The predicted octanol–water partition coefficient (Wildman–Crippen LogP) is 3.30. The van der Waals surface area contributed by atoms with Crippen molar-refractivity contribution in [3.63, 3.8) is 0 Å². The van der Waals surface area contributed by atoms with Gasteiger partial charge in [-0.05, 0) is 43.0 Å². The Labute approximate surface area is 163 Å². The van der Waals surface area contributed by atoms with Crippen LogP contribution >= 0.6 is 24.0 Å². The van der Waals surface area contributed by atoms with Gasteiger partial charge in [-0.25, -0.2) is 0 Å². The standard InChI is InChI=1S/C19H22N2O3S2/c1-24-15-7-5-6-14(12-15)13-16-18(23)21(19(25)26-16)11-8-17(22)20-9-3-2-4-10-20/h5-7,12-13H,2-4,8-11H2,1H3/b16-13+. The van der Waals surface area contributed by atoms with E-state index in [0.717, 1.165) is 37.2 Å². The first kappa shape index (κ1) is 18.9. The first-order chi connectivity index (χ1) is 12.6. The van der Waals surface area contributed by atoms with Gasteiger partial charge in [-0.2, -0.15) is 0 Å². The smallest absolute Gasteiger partial charge is 0.266 e. The van der Waals surface area contributed by atoms with Crippen LogP contribution in [0.25, 0.3) is 6.08 Å². The summed E-state index contributed by atoms with van der Waals surface area (Å²) in [4.78, 5) is 29.0. The molecule has 3 rings (SSSR count). The van der Waals surface area contributed by atoms with Crippen molar-refractivity contribution >= 4 is 46.2 Å². The number of carbonyl (C=O) groups is 2. The molecule has 7 heteroatoms. The molecule has 2 heterocycles. The molecule has 138 valence electrons. The maximum atomic E-state index is 12.7. The highest BCUT2D eigenvalue weighted by molar-refractivity contribution is 8.26. The third-order valence-electron chi connectivity index (χ3n) is 4.52. The quantitative estimate of drug-likeness (QED) is 0.570. The van der Waals surface area contributed by atoms with E-state index in [1.165, 1.54) is 23.1 Å². The number of thioether (sulfide) groups is 1. The van der Waals surface area contributed by atoms with Crippen LogP contribution in [-0.2, 0) is 9.59 Å². The second-order valence-electron chi connectivity index (χ2n) is 6.30. The zero-order chi connectivity index (χ0) is 18.5. The van der Waals surface area contributed by atoms with Gasteiger partial charge in [0, 0.05) is 26.1 Å². The van der Waals surface area contributed by atoms with Crippen molar-refractivity contribution in [1.82, 2.24) is 9.80 Å². The molecule has 0 spiro atoms. The van der Waals surface area contributed by atoms with Crippen LogP contribution in [0, 0.1) is 0 Å². The van der Waals surface area contributed by atoms with E-state index in [4.69, 9.17) is 17.0 Å². The highest BCUT2D eigenvalue weighted by Gasteiger charge is 2.32. The number of piperidine rings is 1. The summed E-state index contributed by atoms with van der Waals surface area (Å²) in [6, 6.07) is 7.51. The highest BCUT2D eigenvalue weighted by Crippen LogP contribution is 2.33. The van der Waals surface area contributed by atoms with E-state index in [1.807, 2.05) is 35.2 Å². The largest absolute Gasteiger partial charge is 0.497 e. The van der Waals surface area contributed by atoms with Crippen LogP contribution in [-0.4, -0.2) is 52.7 Å². The van der Waals surface area contributed by atoms with Crippen LogP contribution in [0.4, 0.5) is 0 Å². The molecule has 2 saturated heterocycles. The number of thiocarbonyl (C=S) groups is 1. The minimum Gasteiger partial charge on any atom is -0.497 e. The Morgan fingerprint density at radius 3 is 2.81 bits per heavy atom. The van der Waals surface area contributed by atoms with Crippen molar-refractivity contribution in [2.75, 3.05) is 26.7 Å². The Hall–Kier alpha value is -1.86. The molecular formula is C19H22N2O3S2. The third-order valence-corrected chi connectivity index (χ3v) is 5.90. The van der Waals surface area contributed by atoms with Crippen LogP contribution in [0.1, 0.15) is 31.2 Å². The second kappa shape index (κ2) is 8.68. The number of nitrogens with zero attached hydrogens (tertiary/aromatic N) is 2. The van der Waals surface area contributed by atoms with Gasteiger partial charge in [0.25, 0.3) is 5.91 Å². The molecule has 0 unspecified atom stereocenters. The first-order valence-electron chi connectivity index (χ1n) is 8.75. The van der Waals surface area contributed by atoms with Crippen LogP contribution in [0.2, 0.25) is 0 Å². The fraction of sp³-hybridized carbons (Fsp3) is 0.421. The molecule has 2 aliphatic heterocycles.